The number of benzene rings is 3. The molecule has 0 aromatic heterocycles. The second kappa shape index (κ2) is 11.1. The summed E-state index contributed by atoms with van der Waals surface area (Å²) in [7, 11) is 1.55. The smallest absolute Gasteiger partial charge is 0.493 e. The minimum atomic E-state index is -0.809. The zero-order valence-corrected chi connectivity index (χ0v) is 23.3. The van der Waals surface area contributed by atoms with Crippen LogP contribution in [0.3, 0.4) is 0 Å². The number of carbonyl (C=O) groups is 1. The summed E-state index contributed by atoms with van der Waals surface area (Å²) >= 11 is 0. The Bertz CT molecular complexity index is 1220. The van der Waals surface area contributed by atoms with Gasteiger partial charge in [-0.3, -0.25) is 0 Å². The molecule has 3 atom stereocenters. The van der Waals surface area contributed by atoms with Crippen LogP contribution in [-0.2, 0) is 9.47 Å². The van der Waals surface area contributed by atoms with Gasteiger partial charge in [0, 0.05) is 24.0 Å². The Kier molecular flexibility index (Phi) is 8.02. The molecule has 1 heterocycles. The fourth-order valence-electron chi connectivity index (χ4n) is 4.69. The van der Waals surface area contributed by atoms with E-state index in [1.165, 1.54) is 0 Å². The van der Waals surface area contributed by atoms with E-state index < -0.39 is 18.0 Å². The molecule has 1 aliphatic heterocycles. The van der Waals surface area contributed by atoms with Gasteiger partial charge in [-0.15, -0.1) is 0 Å². The molecular weight excluding hydrogens is 480 g/mol. The molecule has 0 saturated heterocycles. The van der Waals surface area contributed by atoms with Crippen molar-refractivity contribution in [2.75, 3.05) is 7.11 Å². The third-order valence-corrected chi connectivity index (χ3v) is 6.32. The number of fused-ring (bicyclic) bond motifs is 1. The van der Waals surface area contributed by atoms with Crippen molar-refractivity contribution in [3.05, 3.63) is 89.5 Å². The average Bonchev–Trinajstić information content (AvgIpc) is 2.85. The molecule has 6 nitrogen and oxygen atoms in total. The van der Waals surface area contributed by atoms with Crippen LogP contribution in [-0.4, -0.2) is 25.2 Å². The zero-order chi connectivity index (χ0) is 27.5. The van der Waals surface area contributed by atoms with E-state index in [-0.39, 0.29) is 23.2 Å². The molecule has 0 amide bonds. The summed E-state index contributed by atoms with van der Waals surface area (Å²) in [6, 6.07) is 24.0. The van der Waals surface area contributed by atoms with Gasteiger partial charge in [0.25, 0.3) is 0 Å². The summed E-state index contributed by atoms with van der Waals surface area (Å²) < 4.78 is 29.7. The summed E-state index contributed by atoms with van der Waals surface area (Å²) in [6.07, 6.45) is -0.913. The summed E-state index contributed by atoms with van der Waals surface area (Å²) in [5.41, 5.74) is 2.32. The second-order valence-corrected chi connectivity index (χ2v) is 11.6. The third kappa shape index (κ3) is 6.67. The Labute approximate surface area is 225 Å². The van der Waals surface area contributed by atoms with Crippen LogP contribution in [0.4, 0.5) is 4.79 Å². The van der Waals surface area contributed by atoms with Gasteiger partial charge in [-0.1, -0.05) is 81.4 Å². The molecule has 0 saturated carbocycles. The van der Waals surface area contributed by atoms with Gasteiger partial charge in [-0.05, 0) is 43.4 Å². The molecule has 3 aromatic carbocycles. The van der Waals surface area contributed by atoms with Gasteiger partial charge < -0.3 is 23.7 Å². The van der Waals surface area contributed by atoms with Crippen LogP contribution in [0.2, 0.25) is 0 Å². The maximum absolute atomic E-state index is 12.5. The SMILES string of the molecule is COc1cc2c(cc1OC(=O)OC(C)(C)C)O[C@H](OC(c1ccccc1)C(C)(C)C)C[C@@H]2c1ccccc1. The van der Waals surface area contributed by atoms with E-state index in [0.717, 1.165) is 16.7 Å². The first kappa shape index (κ1) is 27.5. The molecule has 1 unspecified atom stereocenters. The van der Waals surface area contributed by atoms with Crippen LogP contribution in [0.15, 0.2) is 72.8 Å². The van der Waals surface area contributed by atoms with E-state index in [9.17, 15) is 4.79 Å². The first-order valence-electron chi connectivity index (χ1n) is 13.0. The Morgan fingerprint density at radius 1 is 0.895 bits per heavy atom. The summed E-state index contributed by atoms with van der Waals surface area (Å²) in [5, 5.41) is 0. The molecule has 0 fully saturated rings. The van der Waals surface area contributed by atoms with Gasteiger partial charge in [0.2, 0.25) is 6.29 Å². The number of carbonyl (C=O) groups excluding carboxylic acids is 1. The van der Waals surface area contributed by atoms with E-state index >= 15 is 0 Å². The highest BCUT2D eigenvalue weighted by Crippen LogP contribution is 2.48. The van der Waals surface area contributed by atoms with Crippen LogP contribution in [0.25, 0.3) is 0 Å². The lowest BCUT2D eigenvalue weighted by atomic mass is 9.83. The van der Waals surface area contributed by atoms with Gasteiger partial charge in [0.05, 0.1) is 13.2 Å². The van der Waals surface area contributed by atoms with E-state index in [1.54, 1.807) is 33.9 Å². The number of methoxy groups -OCH3 is 1. The first-order valence-corrected chi connectivity index (χ1v) is 13.0. The Balaban J connectivity index is 1.71. The van der Waals surface area contributed by atoms with E-state index in [0.29, 0.717) is 17.9 Å². The molecule has 202 valence electrons. The lowest BCUT2D eigenvalue weighted by molar-refractivity contribution is -0.161. The number of hydrogen-bond acceptors (Lipinski definition) is 6. The van der Waals surface area contributed by atoms with Crippen molar-refractivity contribution in [3.63, 3.8) is 0 Å². The monoisotopic (exact) mass is 518 g/mol. The van der Waals surface area contributed by atoms with Crippen molar-refractivity contribution in [1.29, 1.82) is 0 Å². The standard InChI is InChI=1S/C32H38O6/c1-31(2,3)29(22-16-12-9-13-17-22)37-28-19-23(21-14-10-8-11-15-21)24-18-26(34-7)27(20-25(24)35-28)36-30(33)38-32(4,5)6/h8-18,20,23,28-29H,19H2,1-7H3/t23-,28-,29?/m1/s1. The third-order valence-electron chi connectivity index (χ3n) is 6.32. The highest BCUT2D eigenvalue weighted by molar-refractivity contribution is 5.67. The predicted octanol–water partition coefficient (Wildman–Crippen LogP) is 8.05. The van der Waals surface area contributed by atoms with Crippen molar-refractivity contribution >= 4 is 6.16 Å². The van der Waals surface area contributed by atoms with Crippen LogP contribution in [0.1, 0.15) is 76.7 Å². The molecule has 3 aromatic rings. The summed E-state index contributed by atoms with van der Waals surface area (Å²) in [4.78, 5) is 12.5. The molecule has 0 N–H and O–H groups in total. The second-order valence-electron chi connectivity index (χ2n) is 11.6. The van der Waals surface area contributed by atoms with Crippen LogP contribution in [0, 0.1) is 5.41 Å². The largest absolute Gasteiger partial charge is 0.514 e. The minimum absolute atomic E-state index is 0.00850. The Hall–Kier alpha value is -3.51. The molecule has 6 heteroatoms. The normalized spacial score (nSPS) is 18.1. The predicted molar refractivity (Wildman–Crippen MR) is 147 cm³/mol. The lowest BCUT2D eigenvalue weighted by Crippen LogP contribution is -2.34. The molecule has 1 aliphatic rings. The van der Waals surface area contributed by atoms with Gasteiger partial charge in [0.15, 0.2) is 11.5 Å². The molecule has 0 bridgehead atoms. The van der Waals surface area contributed by atoms with Crippen molar-refractivity contribution < 1.29 is 28.5 Å². The Morgan fingerprint density at radius 3 is 2.11 bits per heavy atom. The summed E-state index contributed by atoms with van der Waals surface area (Å²) in [5.74, 6) is 1.22. The van der Waals surface area contributed by atoms with Crippen molar-refractivity contribution in [3.8, 4) is 17.2 Å². The van der Waals surface area contributed by atoms with Gasteiger partial charge >= 0.3 is 6.16 Å². The maximum Gasteiger partial charge on any atom is 0.514 e. The Morgan fingerprint density at radius 2 is 1.53 bits per heavy atom. The lowest BCUT2D eigenvalue weighted by Gasteiger charge is -2.38. The average molecular weight is 519 g/mol. The number of rotatable bonds is 6. The topological polar surface area (TPSA) is 63.2 Å². The summed E-state index contributed by atoms with van der Waals surface area (Å²) in [6.45, 7) is 11.8. The van der Waals surface area contributed by atoms with Crippen LogP contribution in [0.5, 0.6) is 17.2 Å². The van der Waals surface area contributed by atoms with Crippen molar-refractivity contribution in [2.45, 2.75) is 71.9 Å². The quantitative estimate of drug-likeness (QED) is 0.243. The molecule has 4 rings (SSSR count). The highest BCUT2D eigenvalue weighted by atomic mass is 16.7. The number of ether oxygens (including phenoxy) is 5. The van der Waals surface area contributed by atoms with Crippen molar-refractivity contribution in [1.82, 2.24) is 0 Å². The zero-order valence-electron chi connectivity index (χ0n) is 23.3. The molecule has 38 heavy (non-hydrogen) atoms. The van der Waals surface area contributed by atoms with Gasteiger partial charge in [0.1, 0.15) is 11.4 Å². The van der Waals surface area contributed by atoms with Crippen LogP contribution < -0.4 is 14.2 Å². The van der Waals surface area contributed by atoms with Gasteiger partial charge in [-0.2, -0.15) is 0 Å². The number of hydrogen-bond donors (Lipinski definition) is 0. The van der Waals surface area contributed by atoms with E-state index in [2.05, 4.69) is 45.0 Å². The van der Waals surface area contributed by atoms with Crippen LogP contribution >= 0.6 is 0 Å². The fourth-order valence-corrected chi connectivity index (χ4v) is 4.69. The molecule has 0 spiro atoms. The van der Waals surface area contributed by atoms with Crippen molar-refractivity contribution in [2.24, 2.45) is 5.41 Å². The van der Waals surface area contributed by atoms with E-state index in [1.807, 2.05) is 42.5 Å². The van der Waals surface area contributed by atoms with E-state index in [4.69, 9.17) is 23.7 Å². The first-order chi connectivity index (χ1) is 17.9. The maximum atomic E-state index is 12.5. The van der Waals surface area contributed by atoms with Gasteiger partial charge in [-0.25, -0.2) is 4.79 Å². The molecular formula is C32H38O6. The molecule has 0 radical (unpaired) electrons. The highest BCUT2D eigenvalue weighted by Gasteiger charge is 2.37. The minimum Gasteiger partial charge on any atom is -0.493 e. The molecule has 0 aliphatic carbocycles. The fraction of sp³-hybridized carbons (Fsp3) is 0.406.